The third-order valence-electron chi connectivity index (χ3n) is 2.01. The van der Waals surface area contributed by atoms with Gasteiger partial charge in [-0.05, 0) is 26.9 Å². The zero-order valence-corrected chi connectivity index (χ0v) is 14.0. The number of nitrogens with zero attached hydrogens (tertiary/aromatic N) is 2. The molecule has 15 heteroatoms. The zero-order chi connectivity index (χ0) is 18.8. The molecule has 0 aliphatic carbocycles. The molecule has 0 heterocycles. The highest BCUT2D eigenvalue weighted by atomic mass is 32.3. The van der Waals surface area contributed by atoms with Gasteiger partial charge in [0.15, 0.2) is 5.96 Å². The topological polar surface area (TPSA) is 223 Å². The van der Waals surface area contributed by atoms with E-state index in [9.17, 15) is 21.6 Å². The molecule has 0 aromatic heterocycles. The minimum absolute atomic E-state index is 0.0433. The van der Waals surface area contributed by atoms with E-state index < -0.39 is 32.8 Å². The molecule has 0 saturated heterocycles. The summed E-state index contributed by atoms with van der Waals surface area (Å²) in [5.41, 5.74) is 10.3. The summed E-state index contributed by atoms with van der Waals surface area (Å²) in [6.07, 6.45) is 1.20. The lowest BCUT2D eigenvalue weighted by atomic mass is 10.1. The van der Waals surface area contributed by atoms with E-state index in [1.54, 1.807) is 19.0 Å². The Morgan fingerprint density at radius 1 is 1.17 bits per heavy atom. The molecule has 23 heavy (non-hydrogen) atoms. The molecule has 0 fully saturated rings. The van der Waals surface area contributed by atoms with Crippen LogP contribution in [-0.4, -0.2) is 74.6 Å². The van der Waals surface area contributed by atoms with Crippen molar-refractivity contribution in [3.63, 3.8) is 0 Å². The van der Waals surface area contributed by atoms with Crippen molar-refractivity contribution in [2.45, 2.75) is 18.9 Å². The third-order valence-corrected chi connectivity index (χ3v) is 3.39. The molecule has 7 N–H and O–H groups in total. The van der Waals surface area contributed by atoms with Crippen molar-refractivity contribution in [2.75, 3.05) is 20.6 Å². The number of nitrogens with two attached hydrogens (primary N) is 2. The number of hydrogen-bond donors (Lipinski definition) is 5. The molecule has 1 atom stereocenters. The highest BCUT2D eigenvalue weighted by Crippen LogP contribution is 2.03. The summed E-state index contributed by atoms with van der Waals surface area (Å²) in [6.45, 7) is 0.472. The number of rotatable bonds is 8. The van der Waals surface area contributed by atoms with E-state index in [1.165, 1.54) is 0 Å². The monoisotopic (exact) mass is 380 g/mol. The molecule has 0 amide bonds. The number of carboxylic acids is 1. The Balaban J connectivity index is 0. The molecule has 0 aliphatic heterocycles. The van der Waals surface area contributed by atoms with Gasteiger partial charge in [-0.3, -0.25) is 23.8 Å². The van der Waals surface area contributed by atoms with Crippen molar-refractivity contribution in [3.05, 3.63) is 0 Å². The number of guanidine groups is 1. The predicted octanol–water partition coefficient (Wildman–Crippen LogP) is -2.34. The molecule has 0 aromatic carbocycles. The largest absolute Gasteiger partial charge is 0.480 e. The van der Waals surface area contributed by atoms with Gasteiger partial charge in [-0.15, -0.1) is 3.63 Å². The van der Waals surface area contributed by atoms with Crippen LogP contribution in [0.5, 0.6) is 0 Å². The van der Waals surface area contributed by atoms with E-state index in [0.717, 1.165) is 0 Å². The second-order valence-corrected chi connectivity index (χ2v) is 6.45. The average molecular weight is 380 g/mol. The Morgan fingerprint density at radius 3 is 1.83 bits per heavy atom. The van der Waals surface area contributed by atoms with Gasteiger partial charge >= 0.3 is 26.8 Å². The summed E-state index contributed by atoms with van der Waals surface area (Å²) < 4.78 is 55.6. The summed E-state index contributed by atoms with van der Waals surface area (Å²) in [5, 5.41) is 8.83. The number of likely N-dealkylation sites (N-methyl/N-ethyl adjacent to an activating group) is 1. The minimum Gasteiger partial charge on any atom is -0.480 e. The van der Waals surface area contributed by atoms with Crippen LogP contribution in [0, 0.1) is 0 Å². The van der Waals surface area contributed by atoms with Gasteiger partial charge in [-0.25, -0.2) is 0 Å². The van der Waals surface area contributed by atoms with E-state index in [1.807, 2.05) is 0 Å². The number of carboxylic acid groups (broad SMARTS) is 1. The molecular formula is C8H20N4O9S2. The molecular weight excluding hydrogens is 360 g/mol. The number of hydrogen-bond acceptors (Lipinski definition) is 8. The summed E-state index contributed by atoms with van der Waals surface area (Å²) in [6, 6.07) is -0.468. The number of carbonyl (C=O) groups is 1. The molecule has 0 aliphatic rings. The molecule has 0 spiro atoms. The Labute approximate surface area is 133 Å². The number of aliphatic imine (C=N–C) groups is 1. The van der Waals surface area contributed by atoms with Gasteiger partial charge in [0.25, 0.3) is 0 Å². The van der Waals surface area contributed by atoms with E-state index in [-0.39, 0.29) is 5.96 Å². The molecule has 0 rings (SSSR count). The van der Waals surface area contributed by atoms with Gasteiger partial charge < -0.3 is 16.6 Å². The maximum atomic E-state index is 10.7. The highest BCUT2D eigenvalue weighted by molar-refractivity contribution is 7.94. The maximum absolute atomic E-state index is 10.7. The summed E-state index contributed by atoms with van der Waals surface area (Å²) >= 11 is 0. The lowest BCUT2D eigenvalue weighted by molar-refractivity contribution is -0.142. The standard InChI is InChI=1S/C8H18N4O2.H2O7S2/c1-12(2)6(7(13)14)4-3-5-11-8(9)10;1-8(2,3)7-9(4,5)6/h6H,3-5H2,1-2H3,(H,13,14)(H4,9,10,11);(H,1,2,3)(H,4,5,6)/t6-;/m0./s1. The fraction of sp³-hybridized carbons (Fsp3) is 0.750. The van der Waals surface area contributed by atoms with Crippen LogP contribution in [0.1, 0.15) is 12.8 Å². The SMILES string of the molecule is CN(C)[C@@H](CCCN=C(N)N)C(=O)O.O=S(=O)(O)OS(=O)(=O)O. The van der Waals surface area contributed by atoms with Crippen LogP contribution in [0.4, 0.5) is 0 Å². The Kier molecular flexibility index (Phi) is 10.6. The van der Waals surface area contributed by atoms with E-state index in [2.05, 4.69) is 8.62 Å². The summed E-state index contributed by atoms with van der Waals surface area (Å²) in [4.78, 5) is 16.2. The van der Waals surface area contributed by atoms with Crippen molar-refractivity contribution >= 4 is 32.7 Å². The van der Waals surface area contributed by atoms with Crippen LogP contribution in [-0.2, 0) is 29.2 Å². The first-order valence-corrected chi connectivity index (χ1v) is 8.49. The first kappa shape index (κ1) is 23.7. The smallest absolute Gasteiger partial charge is 0.413 e. The van der Waals surface area contributed by atoms with Crippen LogP contribution < -0.4 is 11.5 Å². The lowest BCUT2D eigenvalue weighted by Crippen LogP contribution is -2.35. The molecule has 0 aromatic rings. The molecule has 13 nitrogen and oxygen atoms in total. The summed E-state index contributed by atoms with van der Waals surface area (Å²) in [5.74, 6) is -0.776. The van der Waals surface area contributed by atoms with Crippen molar-refractivity contribution < 1.29 is 39.5 Å². The van der Waals surface area contributed by atoms with Gasteiger partial charge in [0, 0.05) is 6.54 Å². The third kappa shape index (κ3) is 18.4. The lowest BCUT2D eigenvalue weighted by Gasteiger charge is -2.19. The molecule has 138 valence electrons. The van der Waals surface area contributed by atoms with Gasteiger partial charge in [-0.2, -0.15) is 16.8 Å². The first-order chi connectivity index (χ1) is 10.2. The van der Waals surface area contributed by atoms with Gasteiger partial charge in [-0.1, -0.05) is 0 Å². The van der Waals surface area contributed by atoms with Crippen LogP contribution in [0.3, 0.4) is 0 Å². The highest BCUT2D eigenvalue weighted by Gasteiger charge is 2.18. The predicted molar refractivity (Wildman–Crippen MR) is 79.2 cm³/mol. The van der Waals surface area contributed by atoms with E-state index in [4.69, 9.17) is 25.7 Å². The Bertz CT molecular complexity index is 565. The van der Waals surface area contributed by atoms with Crippen LogP contribution in [0.25, 0.3) is 0 Å². The van der Waals surface area contributed by atoms with Crippen molar-refractivity contribution in [1.29, 1.82) is 0 Å². The normalized spacial score (nSPS) is 12.9. The van der Waals surface area contributed by atoms with Gasteiger partial charge in [0.1, 0.15) is 6.04 Å². The second-order valence-electron chi connectivity index (χ2n) is 4.19. The first-order valence-electron chi connectivity index (χ1n) is 5.76. The van der Waals surface area contributed by atoms with Crippen LogP contribution in [0.15, 0.2) is 4.99 Å². The van der Waals surface area contributed by atoms with Gasteiger partial charge in [0.2, 0.25) is 0 Å². The molecule has 0 saturated carbocycles. The van der Waals surface area contributed by atoms with Crippen molar-refractivity contribution in [3.8, 4) is 0 Å². The van der Waals surface area contributed by atoms with E-state index in [0.29, 0.717) is 19.4 Å². The summed E-state index contributed by atoms with van der Waals surface area (Å²) in [7, 11) is -6.77. The van der Waals surface area contributed by atoms with Crippen molar-refractivity contribution in [1.82, 2.24) is 4.90 Å². The maximum Gasteiger partial charge on any atom is 0.413 e. The fourth-order valence-electron chi connectivity index (χ4n) is 1.20. The van der Waals surface area contributed by atoms with Crippen LogP contribution in [0.2, 0.25) is 0 Å². The Hall–Kier alpha value is -1.52. The molecule has 0 bridgehead atoms. The van der Waals surface area contributed by atoms with Crippen molar-refractivity contribution in [2.24, 2.45) is 16.5 Å². The second kappa shape index (κ2) is 10.3. The molecule has 0 radical (unpaired) electrons. The minimum atomic E-state index is -5.12. The number of aliphatic carboxylic acids is 1. The molecule has 0 unspecified atom stereocenters. The zero-order valence-electron chi connectivity index (χ0n) is 12.4. The fourth-order valence-corrected chi connectivity index (χ4v) is 2.07. The average Bonchev–Trinajstić information content (AvgIpc) is 2.22. The van der Waals surface area contributed by atoms with Gasteiger partial charge in [0.05, 0.1) is 0 Å². The van der Waals surface area contributed by atoms with E-state index >= 15 is 0 Å². The Morgan fingerprint density at radius 2 is 1.61 bits per heavy atom. The quantitative estimate of drug-likeness (QED) is 0.129. The van der Waals surface area contributed by atoms with Crippen LogP contribution >= 0.6 is 0 Å².